The van der Waals surface area contributed by atoms with E-state index in [1.807, 2.05) is 0 Å². The van der Waals surface area contributed by atoms with Gasteiger partial charge in [-0.2, -0.15) is 0 Å². The third-order valence-corrected chi connectivity index (χ3v) is 4.99. The van der Waals surface area contributed by atoms with Crippen LogP contribution in [-0.2, 0) is 14.4 Å². The number of nitrogens with zero attached hydrogens (tertiary/aromatic N) is 1. The molecule has 2 aliphatic heterocycles. The van der Waals surface area contributed by atoms with Gasteiger partial charge in [0.2, 0.25) is 11.8 Å². The predicted molar refractivity (Wildman–Crippen MR) is 90.2 cm³/mol. The van der Waals surface area contributed by atoms with E-state index in [9.17, 15) is 19.5 Å². The molecule has 1 aromatic carbocycles. The molecule has 0 aromatic heterocycles. The van der Waals surface area contributed by atoms with E-state index in [4.69, 9.17) is 9.47 Å². The van der Waals surface area contributed by atoms with Crippen LogP contribution in [0, 0.1) is 11.8 Å². The van der Waals surface area contributed by atoms with Crippen LogP contribution in [0.3, 0.4) is 0 Å². The summed E-state index contributed by atoms with van der Waals surface area (Å²) in [5.41, 5.74) is 0.645. The van der Waals surface area contributed by atoms with E-state index in [1.165, 1.54) is 4.90 Å². The van der Waals surface area contributed by atoms with E-state index in [1.54, 1.807) is 18.2 Å². The topological polar surface area (TPSA) is 105 Å². The van der Waals surface area contributed by atoms with Gasteiger partial charge in [0.05, 0.1) is 5.92 Å². The van der Waals surface area contributed by atoms with Crippen LogP contribution < -0.4 is 19.7 Å². The lowest BCUT2D eigenvalue weighted by Gasteiger charge is -2.22. The number of anilines is 1. The molecule has 0 bridgehead atoms. The molecule has 2 heterocycles. The molecule has 1 saturated heterocycles. The summed E-state index contributed by atoms with van der Waals surface area (Å²) in [6, 6.07) is 4.38. The second-order valence-corrected chi connectivity index (χ2v) is 6.90. The molecule has 2 atom stereocenters. The van der Waals surface area contributed by atoms with Crippen molar-refractivity contribution in [1.82, 2.24) is 5.32 Å². The highest BCUT2D eigenvalue weighted by atomic mass is 16.6. The molecule has 8 heteroatoms. The first-order valence-corrected chi connectivity index (χ1v) is 8.76. The van der Waals surface area contributed by atoms with Crippen LogP contribution in [-0.4, -0.2) is 48.7 Å². The van der Waals surface area contributed by atoms with Gasteiger partial charge in [-0.1, -0.05) is 0 Å². The first-order valence-electron chi connectivity index (χ1n) is 8.76. The number of amides is 2. The molecular formula is C18H20N2O6. The minimum Gasteiger partial charge on any atom is -0.486 e. The summed E-state index contributed by atoms with van der Waals surface area (Å²) >= 11 is 0. The van der Waals surface area contributed by atoms with Crippen molar-refractivity contribution in [3.63, 3.8) is 0 Å². The summed E-state index contributed by atoms with van der Waals surface area (Å²) < 4.78 is 11.0. The van der Waals surface area contributed by atoms with Crippen LogP contribution >= 0.6 is 0 Å². The summed E-state index contributed by atoms with van der Waals surface area (Å²) in [5, 5.41) is 11.9. The van der Waals surface area contributed by atoms with Gasteiger partial charge < -0.3 is 24.8 Å². The summed E-state index contributed by atoms with van der Waals surface area (Å²) in [7, 11) is 0. The van der Waals surface area contributed by atoms with Gasteiger partial charge in [-0.3, -0.25) is 9.59 Å². The number of hydrogen-bond donors (Lipinski definition) is 2. The molecule has 3 aliphatic rings. The zero-order valence-corrected chi connectivity index (χ0v) is 14.1. The highest BCUT2D eigenvalue weighted by molar-refractivity contribution is 6.01. The normalized spacial score (nSPS) is 22.8. The van der Waals surface area contributed by atoms with Gasteiger partial charge in [0.1, 0.15) is 19.3 Å². The molecule has 2 fully saturated rings. The third kappa shape index (κ3) is 3.18. The molecule has 2 N–H and O–H groups in total. The molecule has 2 unspecified atom stereocenters. The summed E-state index contributed by atoms with van der Waals surface area (Å²) in [6.45, 7) is 1.16. The molecule has 26 heavy (non-hydrogen) atoms. The molecular weight excluding hydrogens is 340 g/mol. The monoisotopic (exact) mass is 360 g/mol. The van der Waals surface area contributed by atoms with Gasteiger partial charge in [-0.05, 0) is 30.9 Å². The summed E-state index contributed by atoms with van der Waals surface area (Å²) in [5.74, 6) is -0.908. The maximum atomic E-state index is 12.4. The quantitative estimate of drug-likeness (QED) is 0.804. The Hall–Kier alpha value is -2.77. The Balaban J connectivity index is 1.45. The maximum absolute atomic E-state index is 12.4. The fourth-order valence-electron chi connectivity index (χ4n) is 3.41. The van der Waals surface area contributed by atoms with Crippen molar-refractivity contribution < 1.29 is 29.0 Å². The van der Waals surface area contributed by atoms with Crippen molar-refractivity contribution in [2.45, 2.75) is 25.3 Å². The number of carboxylic acids is 1. The van der Waals surface area contributed by atoms with Gasteiger partial charge >= 0.3 is 5.97 Å². The number of aliphatic carboxylic acids is 1. The fraction of sp³-hybridized carbons (Fsp3) is 0.500. The number of carboxylic acid groups (broad SMARTS) is 1. The molecule has 8 nitrogen and oxygen atoms in total. The Kier molecular flexibility index (Phi) is 4.18. The highest BCUT2D eigenvalue weighted by Crippen LogP contribution is 2.36. The van der Waals surface area contributed by atoms with Gasteiger partial charge in [-0.15, -0.1) is 0 Å². The van der Waals surface area contributed by atoms with Crippen molar-refractivity contribution in [2.24, 2.45) is 11.8 Å². The number of carbonyl (C=O) groups excluding carboxylic acids is 2. The molecule has 0 radical (unpaired) electrons. The first kappa shape index (κ1) is 16.7. The van der Waals surface area contributed by atoms with Crippen molar-refractivity contribution in [3.05, 3.63) is 18.2 Å². The Morgan fingerprint density at radius 1 is 1.19 bits per heavy atom. The van der Waals surface area contributed by atoms with Gasteiger partial charge in [0, 0.05) is 24.7 Å². The molecule has 1 aliphatic carbocycles. The molecule has 1 saturated carbocycles. The second-order valence-electron chi connectivity index (χ2n) is 6.90. The Morgan fingerprint density at radius 2 is 1.92 bits per heavy atom. The average molecular weight is 360 g/mol. The van der Waals surface area contributed by atoms with Crippen molar-refractivity contribution in [3.8, 4) is 11.5 Å². The Bertz CT molecular complexity index is 760. The zero-order chi connectivity index (χ0) is 18.3. The van der Waals surface area contributed by atoms with E-state index in [2.05, 4.69) is 5.32 Å². The number of fused-ring (bicyclic) bond motifs is 1. The van der Waals surface area contributed by atoms with Crippen LogP contribution in [0.5, 0.6) is 11.5 Å². The van der Waals surface area contributed by atoms with Crippen molar-refractivity contribution in [2.75, 3.05) is 24.7 Å². The number of carbonyl (C=O) groups is 3. The number of hydrogen-bond acceptors (Lipinski definition) is 5. The SMILES string of the molecule is O=C(NC(C(=O)O)C1CC1)C1CC(=O)N(c2ccc3c(c2)OCCO3)C1. The summed E-state index contributed by atoms with van der Waals surface area (Å²) in [6.07, 6.45) is 1.69. The van der Waals surface area contributed by atoms with Crippen LogP contribution in [0.1, 0.15) is 19.3 Å². The number of benzene rings is 1. The fourth-order valence-corrected chi connectivity index (χ4v) is 3.41. The Labute approximate surface area is 150 Å². The largest absolute Gasteiger partial charge is 0.486 e. The number of ether oxygens (including phenoxy) is 2. The zero-order valence-electron chi connectivity index (χ0n) is 14.1. The van der Waals surface area contributed by atoms with Crippen molar-refractivity contribution >= 4 is 23.5 Å². The van der Waals surface area contributed by atoms with Crippen molar-refractivity contribution in [1.29, 1.82) is 0 Å². The van der Waals surface area contributed by atoms with E-state index in [-0.39, 0.29) is 30.7 Å². The lowest BCUT2D eigenvalue weighted by atomic mass is 10.1. The number of rotatable bonds is 5. The van der Waals surface area contributed by atoms with E-state index < -0.39 is 17.9 Å². The minimum atomic E-state index is -1.02. The molecule has 0 spiro atoms. The van der Waals surface area contributed by atoms with Gasteiger partial charge in [0.25, 0.3) is 0 Å². The minimum absolute atomic E-state index is 0.00227. The first-order chi connectivity index (χ1) is 12.5. The number of nitrogens with one attached hydrogen (secondary N) is 1. The molecule has 1 aromatic rings. The highest BCUT2D eigenvalue weighted by Gasteiger charge is 2.41. The lowest BCUT2D eigenvalue weighted by Crippen LogP contribution is -2.45. The molecule has 2 amide bonds. The van der Waals surface area contributed by atoms with Gasteiger partial charge in [0.15, 0.2) is 11.5 Å². The summed E-state index contributed by atoms with van der Waals surface area (Å²) in [4.78, 5) is 37.7. The molecule has 138 valence electrons. The lowest BCUT2D eigenvalue weighted by molar-refractivity contribution is -0.143. The van der Waals surface area contributed by atoms with Crippen LogP contribution in [0.15, 0.2) is 18.2 Å². The van der Waals surface area contributed by atoms with E-state index in [0.717, 1.165) is 12.8 Å². The van der Waals surface area contributed by atoms with Gasteiger partial charge in [-0.25, -0.2) is 4.79 Å². The standard InChI is InChI=1S/C18H20N2O6/c21-15-7-11(17(22)19-16(18(23)24)10-1-2-10)9-20(15)12-3-4-13-14(8-12)26-6-5-25-13/h3-4,8,10-11,16H,1-2,5-7,9H2,(H,19,22)(H,23,24). The smallest absolute Gasteiger partial charge is 0.326 e. The predicted octanol–water partition coefficient (Wildman–Crippen LogP) is 0.790. The van der Waals surface area contributed by atoms with Crippen LogP contribution in [0.4, 0.5) is 5.69 Å². The van der Waals surface area contributed by atoms with Crippen LogP contribution in [0.2, 0.25) is 0 Å². The van der Waals surface area contributed by atoms with Crippen LogP contribution in [0.25, 0.3) is 0 Å². The Morgan fingerprint density at radius 3 is 2.62 bits per heavy atom. The third-order valence-electron chi connectivity index (χ3n) is 4.99. The van der Waals surface area contributed by atoms with E-state index >= 15 is 0 Å². The second kappa shape index (κ2) is 6.51. The van der Waals surface area contributed by atoms with E-state index in [0.29, 0.717) is 30.4 Å². The average Bonchev–Trinajstić information content (AvgIpc) is 3.40. The maximum Gasteiger partial charge on any atom is 0.326 e. The molecule has 4 rings (SSSR count).